The number of anilines is 2. The van der Waals surface area contributed by atoms with Crippen molar-refractivity contribution in [2.75, 3.05) is 4.31 Å². The first-order chi connectivity index (χ1) is 10.1. The van der Waals surface area contributed by atoms with E-state index in [4.69, 9.17) is 5.11 Å². The molecule has 1 N–H and O–H groups in total. The van der Waals surface area contributed by atoms with E-state index in [0.29, 0.717) is 5.00 Å². The molecule has 0 saturated heterocycles. The van der Waals surface area contributed by atoms with Gasteiger partial charge in [0, 0.05) is 4.70 Å². The van der Waals surface area contributed by atoms with Crippen molar-refractivity contribution < 1.29 is 18.3 Å². The van der Waals surface area contributed by atoms with Crippen LogP contribution in [0.4, 0.5) is 10.0 Å². The van der Waals surface area contributed by atoms with E-state index >= 15 is 0 Å². The SMILES string of the molecule is O=C(O)c1ncsc1N(c1cc2ccccc2s1)[SH](=O)=O. The number of carboxylic acid groups (broad SMARTS) is 1. The third-order valence-electron chi connectivity index (χ3n) is 2.73. The number of carbonyl (C=O) groups is 1. The third kappa shape index (κ3) is 2.50. The number of benzene rings is 1. The fourth-order valence-corrected chi connectivity index (χ4v) is 4.74. The lowest BCUT2D eigenvalue weighted by Crippen LogP contribution is -2.15. The van der Waals surface area contributed by atoms with Gasteiger partial charge < -0.3 is 5.11 Å². The summed E-state index contributed by atoms with van der Waals surface area (Å²) >= 11 is 2.26. The van der Waals surface area contributed by atoms with Gasteiger partial charge >= 0.3 is 5.97 Å². The molecule has 6 nitrogen and oxygen atoms in total. The second-order valence-electron chi connectivity index (χ2n) is 3.98. The number of thiazole rings is 1. The number of aromatic carboxylic acids is 1. The molecule has 0 spiro atoms. The molecule has 0 saturated carbocycles. The minimum atomic E-state index is -3.02. The molecule has 0 radical (unpaired) electrons. The van der Waals surface area contributed by atoms with Gasteiger partial charge in [0.25, 0.3) is 0 Å². The molecule has 2 aromatic heterocycles. The van der Waals surface area contributed by atoms with Crippen LogP contribution in [0.1, 0.15) is 10.5 Å². The average Bonchev–Trinajstić information content (AvgIpc) is 3.04. The lowest BCUT2D eigenvalue weighted by Gasteiger charge is -2.13. The Hall–Kier alpha value is -1.97. The van der Waals surface area contributed by atoms with Gasteiger partial charge in [-0.15, -0.1) is 22.7 Å². The largest absolute Gasteiger partial charge is 0.476 e. The number of hydrogen-bond donors (Lipinski definition) is 2. The van der Waals surface area contributed by atoms with Crippen LogP contribution in [-0.2, 0) is 10.9 Å². The zero-order chi connectivity index (χ0) is 15.0. The molecule has 3 aromatic rings. The predicted molar refractivity (Wildman–Crippen MR) is 83.4 cm³/mol. The molecular formula is C12H8N2O4S3. The van der Waals surface area contributed by atoms with Crippen LogP contribution in [0.15, 0.2) is 35.8 Å². The highest BCUT2D eigenvalue weighted by atomic mass is 32.2. The summed E-state index contributed by atoms with van der Waals surface area (Å²) in [4.78, 5) is 14.9. The topological polar surface area (TPSA) is 87.6 Å². The molecule has 0 aliphatic carbocycles. The summed E-state index contributed by atoms with van der Waals surface area (Å²) in [6.45, 7) is 0. The molecule has 2 heterocycles. The Bertz CT molecular complexity index is 856. The number of nitrogens with zero attached hydrogens (tertiary/aromatic N) is 2. The highest BCUT2D eigenvalue weighted by molar-refractivity contribution is 7.75. The molecule has 0 fully saturated rings. The molecule has 0 atom stereocenters. The summed E-state index contributed by atoms with van der Waals surface area (Å²) in [5.41, 5.74) is 1.05. The van der Waals surface area contributed by atoms with Gasteiger partial charge in [-0.2, -0.15) is 0 Å². The van der Waals surface area contributed by atoms with Crippen molar-refractivity contribution in [3.8, 4) is 0 Å². The van der Waals surface area contributed by atoms with Crippen LogP contribution in [0.2, 0.25) is 0 Å². The number of thiophene rings is 1. The normalized spacial score (nSPS) is 11.1. The van der Waals surface area contributed by atoms with Gasteiger partial charge in [-0.3, -0.25) is 0 Å². The van der Waals surface area contributed by atoms with Crippen LogP contribution in [-0.4, -0.2) is 24.5 Å². The maximum Gasteiger partial charge on any atom is 0.357 e. The van der Waals surface area contributed by atoms with Crippen molar-refractivity contribution in [1.29, 1.82) is 0 Å². The van der Waals surface area contributed by atoms with Gasteiger partial charge in [0.05, 0.1) is 5.51 Å². The summed E-state index contributed by atoms with van der Waals surface area (Å²) in [6, 6.07) is 9.19. The summed E-state index contributed by atoms with van der Waals surface area (Å²) < 4.78 is 25.1. The van der Waals surface area contributed by atoms with E-state index in [9.17, 15) is 13.2 Å². The van der Waals surface area contributed by atoms with Crippen LogP contribution in [0, 0.1) is 0 Å². The van der Waals surface area contributed by atoms with Crippen LogP contribution < -0.4 is 4.31 Å². The molecule has 0 unspecified atom stereocenters. The monoisotopic (exact) mass is 340 g/mol. The van der Waals surface area contributed by atoms with Crippen molar-refractivity contribution in [2.45, 2.75) is 0 Å². The van der Waals surface area contributed by atoms with E-state index in [0.717, 1.165) is 25.7 Å². The lowest BCUT2D eigenvalue weighted by molar-refractivity contribution is 0.0692. The Morgan fingerprint density at radius 3 is 2.71 bits per heavy atom. The fraction of sp³-hybridized carbons (Fsp3) is 0. The number of thiol groups is 1. The van der Waals surface area contributed by atoms with E-state index in [-0.39, 0.29) is 10.7 Å². The molecular weight excluding hydrogens is 332 g/mol. The molecule has 3 rings (SSSR count). The van der Waals surface area contributed by atoms with Crippen LogP contribution in [0.3, 0.4) is 0 Å². The highest BCUT2D eigenvalue weighted by Gasteiger charge is 2.24. The van der Waals surface area contributed by atoms with Crippen molar-refractivity contribution in [1.82, 2.24) is 4.98 Å². The van der Waals surface area contributed by atoms with E-state index in [2.05, 4.69) is 4.98 Å². The maximum absolute atomic E-state index is 11.6. The predicted octanol–water partition coefficient (Wildman–Crippen LogP) is 2.72. The Labute approximate surface area is 129 Å². The zero-order valence-corrected chi connectivity index (χ0v) is 12.8. The van der Waals surface area contributed by atoms with E-state index in [1.165, 1.54) is 16.8 Å². The average molecular weight is 340 g/mol. The molecule has 9 heteroatoms. The van der Waals surface area contributed by atoms with Gasteiger partial charge in [0.15, 0.2) is 5.69 Å². The first-order valence-corrected chi connectivity index (χ1v) is 8.50. The minimum absolute atomic E-state index is 0.0881. The second kappa shape index (κ2) is 5.43. The van der Waals surface area contributed by atoms with Crippen LogP contribution in [0.25, 0.3) is 10.1 Å². The van der Waals surface area contributed by atoms with Gasteiger partial charge in [0.1, 0.15) is 10.0 Å². The number of aromatic nitrogens is 1. The molecule has 0 bridgehead atoms. The zero-order valence-electron chi connectivity index (χ0n) is 10.3. The van der Waals surface area contributed by atoms with Gasteiger partial charge in [-0.1, -0.05) is 18.2 Å². The summed E-state index contributed by atoms with van der Waals surface area (Å²) in [5, 5.41) is 10.5. The van der Waals surface area contributed by atoms with Crippen LogP contribution in [0.5, 0.6) is 0 Å². The van der Waals surface area contributed by atoms with Crippen molar-refractivity contribution in [3.05, 3.63) is 41.5 Å². The van der Waals surface area contributed by atoms with Gasteiger partial charge in [-0.25, -0.2) is 22.5 Å². The Morgan fingerprint density at radius 1 is 1.29 bits per heavy atom. The Kier molecular flexibility index (Phi) is 3.62. The number of hydrogen-bond acceptors (Lipinski definition) is 6. The van der Waals surface area contributed by atoms with Crippen molar-refractivity contribution in [2.24, 2.45) is 0 Å². The highest BCUT2D eigenvalue weighted by Crippen LogP contribution is 2.39. The summed E-state index contributed by atoms with van der Waals surface area (Å²) in [6.07, 6.45) is 0. The third-order valence-corrected chi connectivity index (χ3v) is 5.65. The Balaban J connectivity index is 2.18. The molecule has 0 aliphatic heterocycles. The van der Waals surface area contributed by atoms with Crippen molar-refractivity contribution >= 4 is 59.6 Å². The van der Waals surface area contributed by atoms with Crippen LogP contribution >= 0.6 is 22.7 Å². The fourth-order valence-electron chi connectivity index (χ4n) is 1.86. The maximum atomic E-state index is 11.6. The van der Waals surface area contributed by atoms with E-state index in [1.807, 2.05) is 24.3 Å². The Morgan fingerprint density at radius 2 is 2.05 bits per heavy atom. The first-order valence-electron chi connectivity index (χ1n) is 5.67. The van der Waals surface area contributed by atoms with E-state index in [1.54, 1.807) is 6.07 Å². The number of fused-ring (bicyclic) bond motifs is 1. The van der Waals surface area contributed by atoms with Gasteiger partial charge in [0.2, 0.25) is 10.9 Å². The summed E-state index contributed by atoms with van der Waals surface area (Å²) in [7, 11) is -3.02. The molecule has 1 aromatic carbocycles. The standard InChI is InChI=1S/C12H8N2O4S3/c15-12(16)10-11(19-6-13-10)14(21(17)18)9-5-7-3-1-2-4-8(7)20-9/h1-6,21H,(H,15,16). The van der Waals surface area contributed by atoms with Gasteiger partial charge in [-0.05, 0) is 17.5 Å². The molecule has 108 valence electrons. The first kappa shape index (κ1) is 14.0. The number of rotatable bonds is 4. The van der Waals surface area contributed by atoms with Crippen molar-refractivity contribution in [3.63, 3.8) is 0 Å². The molecule has 0 aliphatic rings. The second-order valence-corrected chi connectivity index (χ2v) is 6.75. The quantitative estimate of drug-likeness (QED) is 0.713. The summed E-state index contributed by atoms with van der Waals surface area (Å²) in [5.74, 6) is -1.26. The lowest BCUT2D eigenvalue weighted by atomic mass is 10.3. The minimum Gasteiger partial charge on any atom is -0.476 e. The smallest absolute Gasteiger partial charge is 0.357 e. The van der Waals surface area contributed by atoms with E-state index < -0.39 is 16.9 Å². The molecule has 21 heavy (non-hydrogen) atoms. The molecule has 0 amide bonds. The number of carboxylic acids is 1.